The Morgan fingerprint density at radius 1 is 1.43 bits per heavy atom. The number of benzene rings is 1. The number of guanidine groups is 1. The maximum Gasteiger partial charge on any atom is 0.211 e. The Labute approximate surface area is 90.8 Å². The van der Waals surface area contributed by atoms with Crippen molar-refractivity contribution in [2.45, 2.75) is 6.92 Å². The van der Waals surface area contributed by atoms with Gasteiger partial charge >= 0.3 is 0 Å². The summed E-state index contributed by atoms with van der Waals surface area (Å²) in [5.74, 6) is -0.0487. The van der Waals surface area contributed by atoms with E-state index in [1.54, 1.807) is 6.21 Å². The van der Waals surface area contributed by atoms with Crippen LogP contribution in [0, 0.1) is 6.92 Å². The van der Waals surface area contributed by atoms with E-state index in [4.69, 9.17) is 11.5 Å². The van der Waals surface area contributed by atoms with E-state index < -0.39 is 0 Å². The van der Waals surface area contributed by atoms with Crippen LogP contribution in [0.5, 0.6) is 0 Å². The average molecular weight is 255 g/mol. The minimum Gasteiger partial charge on any atom is -0.369 e. The molecule has 5 heteroatoms. The van der Waals surface area contributed by atoms with Crippen molar-refractivity contribution in [3.63, 3.8) is 0 Å². The molecule has 0 saturated heterocycles. The summed E-state index contributed by atoms with van der Waals surface area (Å²) in [6.07, 6.45) is 1.59. The monoisotopic (exact) mass is 254 g/mol. The molecule has 0 aromatic heterocycles. The summed E-state index contributed by atoms with van der Waals surface area (Å²) in [6.45, 7) is 2.01. The smallest absolute Gasteiger partial charge is 0.211 e. The van der Waals surface area contributed by atoms with Crippen LogP contribution < -0.4 is 11.5 Å². The molecule has 0 atom stereocenters. The molecule has 0 bridgehead atoms. The van der Waals surface area contributed by atoms with Gasteiger partial charge in [-0.25, -0.2) is 0 Å². The number of hydrogen-bond acceptors (Lipinski definition) is 2. The predicted octanol–water partition coefficient (Wildman–Crippen LogP) is 1.36. The van der Waals surface area contributed by atoms with Gasteiger partial charge in [-0.2, -0.15) is 5.10 Å². The zero-order valence-corrected chi connectivity index (χ0v) is 9.32. The molecule has 1 rings (SSSR count). The molecule has 0 heterocycles. The van der Waals surface area contributed by atoms with Gasteiger partial charge < -0.3 is 11.5 Å². The highest BCUT2D eigenvalue weighted by Gasteiger charge is 1.94. The minimum absolute atomic E-state index is 0.0487. The Kier molecular flexibility index (Phi) is 3.64. The number of halogens is 1. The highest BCUT2D eigenvalue weighted by molar-refractivity contribution is 9.10. The molecule has 0 unspecified atom stereocenters. The molecular weight excluding hydrogens is 244 g/mol. The van der Waals surface area contributed by atoms with Crippen molar-refractivity contribution in [1.82, 2.24) is 0 Å². The SMILES string of the molecule is Cc1ccc(C=NN=C(N)N)cc1Br. The normalized spacial score (nSPS) is 10.4. The van der Waals surface area contributed by atoms with Gasteiger partial charge in [0.1, 0.15) is 0 Å². The third kappa shape index (κ3) is 3.18. The van der Waals surface area contributed by atoms with Crippen molar-refractivity contribution in [1.29, 1.82) is 0 Å². The van der Waals surface area contributed by atoms with Crippen molar-refractivity contribution in [2.75, 3.05) is 0 Å². The van der Waals surface area contributed by atoms with Crippen LogP contribution in [0.1, 0.15) is 11.1 Å². The number of hydrogen-bond donors (Lipinski definition) is 2. The number of aryl methyl sites for hydroxylation is 1. The molecule has 14 heavy (non-hydrogen) atoms. The highest BCUT2D eigenvalue weighted by atomic mass is 79.9. The quantitative estimate of drug-likeness (QED) is 0.475. The summed E-state index contributed by atoms with van der Waals surface area (Å²) >= 11 is 3.42. The fourth-order valence-electron chi connectivity index (χ4n) is 0.852. The first-order valence-corrected chi connectivity index (χ1v) is 4.77. The first kappa shape index (κ1) is 10.7. The molecule has 0 aliphatic heterocycles. The molecule has 74 valence electrons. The zero-order valence-electron chi connectivity index (χ0n) is 7.74. The van der Waals surface area contributed by atoms with E-state index in [-0.39, 0.29) is 5.96 Å². The summed E-state index contributed by atoms with van der Waals surface area (Å²) in [5, 5.41) is 7.20. The van der Waals surface area contributed by atoms with Gasteiger partial charge in [0.05, 0.1) is 6.21 Å². The van der Waals surface area contributed by atoms with Crippen LogP contribution in [0.2, 0.25) is 0 Å². The fraction of sp³-hybridized carbons (Fsp3) is 0.111. The van der Waals surface area contributed by atoms with E-state index in [0.29, 0.717) is 0 Å². The van der Waals surface area contributed by atoms with Gasteiger partial charge in [0, 0.05) is 4.47 Å². The first-order chi connectivity index (χ1) is 6.59. The lowest BCUT2D eigenvalue weighted by Gasteiger charge is -1.97. The number of nitrogens with two attached hydrogens (primary N) is 2. The van der Waals surface area contributed by atoms with Crippen molar-refractivity contribution in [3.8, 4) is 0 Å². The van der Waals surface area contributed by atoms with E-state index in [1.165, 1.54) is 5.56 Å². The van der Waals surface area contributed by atoms with Crippen LogP contribution in [0.3, 0.4) is 0 Å². The molecule has 0 fully saturated rings. The molecule has 4 N–H and O–H groups in total. The van der Waals surface area contributed by atoms with Gasteiger partial charge in [-0.1, -0.05) is 28.1 Å². The Hall–Kier alpha value is -1.36. The van der Waals surface area contributed by atoms with Crippen LogP contribution in [0.25, 0.3) is 0 Å². The van der Waals surface area contributed by atoms with Crippen LogP contribution in [0.4, 0.5) is 0 Å². The van der Waals surface area contributed by atoms with Gasteiger partial charge in [0.2, 0.25) is 5.96 Å². The number of nitrogens with zero attached hydrogens (tertiary/aromatic N) is 2. The van der Waals surface area contributed by atoms with E-state index in [9.17, 15) is 0 Å². The Balaban J connectivity index is 2.83. The molecule has 0 radical (unpaired) electrons. The minimum atomic E-state index is -0.0487. The van der Waals surface area contributed by atoms with E-state index in [0.717, 1.165) is 10.0 Å². The molecule has 0 amide bonds. The maximum absolute atomic E-state index is 5.12. The van der Waals surface area contributed by atoms with E-state index in [2.05, 4.69) is 26.1 Å². The lowest BCUT2D eigenvalue weighted by molar-refractivity contribution is 1.21. The molecule has 0 spiro atoms. The van der Waals surface area contributed by atoms with Gasteiger partial charge in [0.15, 0.2) is 0 Å². The van der Waals surface area contributed by atoms with Gasteiger partial charge in [-0.15, -0.1) is 5.10 Å². The van der Waals surface area contributed by atoms with Crippen molar-refractivity contribution < 1.29 is 0 Å². The Morgan fingerprint density at radius 2 is 2.14 bits per heavy atom. The standard InChI is InChI=1S/C9H11BrN4/c1-6-2-3-7(4-8(6)10)5-13-14-9(11)12/h2-5H,1H3,(H4,11,12,14). The molecular formula is C9H11BrN4. The second kappa shape index (κ2) is 4.76. The molecule has 0 saturated carbocycles. The summed E-state index contributed by atoms with van der Waals surface area (Å²) in [7, 11) is 0. The van der Waals surface area contributed by atoms with Gasteiger partial charge in [-0.05, 0) is 24.1 Å². The summed E-state index contributed by atoms with van der Waals surface area (Å²) in [6, 6.07) is 5.87. The average Bonchev–Trinajstić information content (AvgIpc) is 2.10. The Morgan fingerprint density at radius 3 is 2.71 bits per heavy atom. The maximum atomic E-state index is 5.12. The second-order valence-corrected chi connectivity index (χ2v) is 3.63. The molecule has 0 aliphatic carbocycles. The van der Waals surface area contributed by atoms with Crippen LogP contribution in [-0.2, 0) is 0 Å². The van der Waals surface area contributed by atoms with Crippen LogP contribution in [-0.4, -0.2) is 12.2 Å². The van der Waals surface area contributed by atoms with E-state index in [1.807, 2.05) is 25.1 Å². The summed E-state index contributed by atoms with van der Waals surface area (Å²) in [4.78, 5) is 0. The van der Waals surface area contributed by atoms with Crippen LogP contribution in [0.15, 0.2) is 32.9 Å². The summed E-state index contributed by atoms with van der Waals surface area (Å²) in [5.41, 5.74) is 12.3. The van der Waals surface area contributed by atoms with Crippen molar-refractivity contribution in [3.05, 3.63) is 33.8 Å². The molecule has 0 aliphatic rings. The molecule has 4 nitrogen and oxygen atoms in total. The van der Waals surface area contributed by atoms with Gasteiger partial charge in [0.25, 0.3) is 0 Å². The lowest BCUT2D eigenvalue weighted by atomic mass is 10.2. The highest BCUT2D eigenvalue weighted by Crippen LogP contribution is 2.16. The summed E-state index contributed by atoms with van der Waals surface area (Å²) < 4.78 is 1.03. The van der Waals surface area contributed by atoms with Crippen molar-refractivity contribution >= 4 is 28.1 Å². The fourth-order valence-corrected chi connectivity index (χ4v) is 1.25. The predicted molar refractivity (Wildman–Crippen MR) is 62.3 cm³/mol. The first-order valence-electron chi connectivity index (χ1n) is 3.97. The largest absolute Gasteiger partial charge is 0.369 e. The zero-order chi connectivity index (χ0) is 10.6. The topological polar surface area (TPSA) is 76.8 Å². The van der Waals surface area contributed by atoms with E-state index >= 15 is 0 Å². The van der Waals surface area contributed by atoms with Crippen molar-refractivity contribution in [2.24, 2.45) is 21.7 Å². The third-order valence-electron chi connectivity index (χ3n) is 1.58. The Bertz CT molecular complexity index is 380. The van der Waals surface area contributed by atoms with Gasteiger partial charge in [-0.3, -0.25) is 0 Å². The molecule has 1 aromatic carbocycles. The third-order valence-corrected chi connectivity index (χ3v) is 2.43. The lowest BCUT2D eigenvalue weighted by Crippen LogP contribution is -2.21. The molecule has 1 aromatic rings. The second-order valence-electron chi connectivity index (χ2n) is 2.78. The number of rotatable bonds is 2. The van der Waals surface area contributed by atoms with Crippen LogP contribution >= 0.6 is 15.9 Å².